The maximum Gasteiger partial charge on any atom is 0.253 e. The van der Waals surface area contributed by atoms with Gasteiger partial charge in [-0.15, -0.1) is 11.3 Å². The number of thiophene rings is 1. The number of aryl methyl sites for hydroxylation is 2. The van der Waals surface area contributed by atoms with Crippen LogP contribution in [0.25, 0.3) is 11.0 Å². The number of halogens is 1. The molecule has 3 rings (SSSR count). The zero-order valence-corrected chi connectivity index (χ0v) is 14.0. The van der Waals surface area contributed by atoms with Crippen LogP contribution in [0.4, 0.5) is 0 Å². The summed E-state index contributed by atoms with van der Waals surface area (Å²) in [5, 5.41) is 8.12. The van der Waals surface area contributed by atoms with E-state index in [-0.39, 0.29) is 5.91 Å². The van der Waals surface area contributed by atoms with Crippen molar-refractivity contribution in [3.05, 3.63) is 44.3 Å². The van der Waals surface area contributed by atoms with Crippen LogP contribution in [0.1, 0.15) is 20.9 Å². The highest BCUT2D eigenvalue weighted by Crippen LogP contribution is 2.22. The Morgan fingerprint density at radius 3 is 3.00 bits per heavy atom. The van der Waals surface area contributed by atoms with Crippen LogP contribution in [0.3, 0.4) is 0 Å². The molecule has 0 aliphatic heterocycles. The molecule has 0 fully saturated rings. The van der Waals surface area contributed by atoms with E-state index in [2.05, 4.69) is 31.3 Å². The molecule has 3 aromatic rings. The molecule has 5 nitrogen and oxygen atoms in total. The Labute approximate surface area is 134 Å². The van der Waals surface area contributed by atoms with E-state index in [1.165, 1.54) is 0 Å². The predicted molar refractivity (Wildman–Crippen MR) is 86.4 cm³/mol. The van der Waals surface area contributed by atoms with Gasteiger partial charge in [-0.1, -0.05) is 0 Å². The first-order valence-corrected chi connectivity index (χ1v) is 7.97. The molecule has 1 amide bonds. The molecule has 0 saturated heterocycles. The number of pyridine rings is 1. The minimum absolute atomic E-state index is 0.128. The molecule has 0 aliphatic rings. The van der Waals surface area contributed by atoms with Crippen molar-refractivity contribution in [3.63, 3.8) is 0 Å². The van der Waals surface area contributed by atoms with Crippen molar-refractivity contribution in [1.82, 2.24) is 20.1 Å². The minimum Gasteiger partial charge on any atom is -0.347 e. The number of hydrogen-bond acceptors (Lipinski definition) is 4. The molecule has 0 aliphatic carbocycles. The zero-order chi connectivity index (χ0) is 15.0. The summed E-state index contributed by atoms with van der Waals surface area (Å²) < 4.78 is 2.77. The minimum atomic E-state index is -0.128. The van der Waals surface area contributed by atoms with Crippen LogP contribution in [0.2, 0.25) is 0 Å². The quantitative estimate of drug-likeness (QED) is 0.776. The molecule has 108 valence electrons. The molecule has 0 bridgehead atoms. The van der Waals surface area contributed by atoms with Gasteiger partial charge in [0.2, 0.25) is 0 Å². The second kappa shape index (κ2) is 5.57. The molecule has 3 heterocycles. The van der Waals surface area contributed by atoms with E-state index < -0.39 is 0 Å². The van der Waals surface area contributed by atoms with Gasteiger partial charge < -0.3 is 5.32 Å². The van der Waals surface area contributed by atoms with Gasteiger partial charge in [-0.3, -0.25) is 9.48 Å². The summed E-state index contributed by atoms with van der Waals surface area (Å²) in [5.41, 5.74) is 2.21. The molecule has 21 heavy (non-hydrogen) atoms. The Hall–Kier alpha value is -1.73. The maximum absolute atomic E-state index is 12.2. The number of nitrogens with zero attached hydrogens (tertiary/aromatic N) is 3. The lowest BCUT2D eigenvalue weighted by molar-refractivity contribution is 0.0951. The molecule has 0 radical (unpaired) electrons. The summed E-state index contributed by atoms with van der Waals surface area (Å²) in [6, 6.07) is 5.80. The van der Waals surface area contributed by atoms with E-state index in [4.69, 9.17) is 0 Å². The first kappa shape index (κ1) is 14.2. The molecule has 0 spiro atoms. The third-order valence-electron chi connectivity index (χ3n) is 3.18. The van der Waals surface area contributed by atoms with Gasteiger partial charge in [0.15, 0.2) is 5.65 Å². The first-order chi connectivity index (χ1) is 10.0. The molecule has 0 saturated carbocycles. The number of carbonyl (C=O) groups excluding carboxylic acids is 1. The Balaban J connectivity index is 1.79. The van der Waals surface area contributed by atoms with Crippen LogP contribution < -0.4 is 5.32 Å². The molecule has 3 aromatic heterocycles. The van der Waals surface area contributed by atoms with Crippen LogP contribution in [-0.4, -0.2) is 20.7 Å². The SMILES string of the molecule is Cc1nn(C)c2ncc(C(=O)NCc3ccc(Br)s3)cc12. The zero-order valence-electron chi connectivity index (χ0n) is 11.6. The number of hydrogen-bond donors (Lipinski definition) is 1. The lowest BCUT2D eigenvalue weighted by atomic mass is 10.2. The van der Waals surface area contributed by atoms with Gasteiger partial charge in [0.25, 0.3) is 5.91 Å². The summed E-state index contributed by atoms with van der Waals surface area (Å²) in [5.74, 6) is -0.128. The number of nitrogens with one attached hydrogen (secondary N) is 1. The van der Waals surface area contributed by atoms with E-state index in [9.17, 15) is 4.79 Å². The Morgan fingerprint density at radius 1 is 1.48 bits per heavy atom. The Bertz CT molecular complexity index is 824. The highest BCUT2D eigenvalue weighted by molar-refractivity contribution is 9.11. The number of aromatic nitrogens is 3. The van der Waals surface area contributed by atoms with E-state index in [1.807, 2.05) is 32.2 Å². The lowest BCUT2D eigenvalue weighted by Crippen LogP contribution is -2.22. The van der Waals surface area contributed by atoms with Gasteiger partial charge in [-0.2, -0.15) is 5.10 Å². The number of carbonyl (C=O) groups is 1. The van der Waals surface area contributed by atoms with E-state index in [0.717, 1.165) is 25.4 Å². The van der Waals surface area contributed by atoms with Gasteiger partial charge in [0, 0.05) is 23.5 Å². The van der Waals surface area contributed by atoms with Crippen molar-refractivity contribution < 1.29 is 4.79 Å². The molecule has 0 unspecified atom stereocenters. The fraction of sp³-hybridized carbons (Fsp3) is 0.214. The second-order valence-corrected chi connectivity index (χ2v) is 7.24. The first-order valence-electron chi connectivity index (χ1n) is 6.36. The summed E-state index contributed by atoms with van der Waals surface area (Å²) in [7, 11) is 1.84. The van der Waals surface area contributed by atoms with E-state index in [0.29, 0.717) is 12.1 Å². The molecule has 0 atom stereocenters. The Morgan fingerprint density at radius 2 is 2.29 bits per heavy atom. The summed E-state index contributed by atoms with van der Waals surface area (Å²) in [6.07, 6.45) is 1.59. The van der Waals surface area contributed by atoms with Crippen molar-refractivity contribution in [2.45, 2.75) is 13.5 Å². The van der Waals surface area contributed by atoms with Crippen molar-refractivity contribution in [2.24, 2.45) is 7.05 Å². The summed E-state index contributed by atoms with van der Waals surface area (Å²) in [6.45, 7) is 2.42. The molecule has 7 heteroatoms. The topological polar surface area (TPSA) is 59.8 Å². The second-order valence-electron chi connectivity index (χ2n) is 4.69. The number of rotatable bonds is 3. The third kappa shape index (κ3) is 2.84. The molecular formula is C14H13BrN4OS. The fourth-order valence-corrected chi connectivity index (χ4v) is 3.57. The maximum atomic E-state index is 12.2. The Kier molecular flexibility index (Phi) is 3.77. The van der Waals surface area contributed by atoms with Crippen molar-refractivity contribution in [3.8, 4) is 0 Å². The third-order valence-corrected chi connectivity index (χ3v) is 4.80. The largest absolute Gasteiger partial charge is 0.347 e. The lowest BCUT2D eigenvalue weighted by Gasteiger charge is -2.04. The van der Waals surface area contributed by atoms with E-state index >= 15 is 0 Å². The van der Waals surface area contributed by atoms with Crippen molar-refractivity contribution >= 4 is 44.2 Å². The van der Waals surface area contributed by atoms with Gasteiger partial charge in [0.1, 0.15) is 0 Å². The van der Waals surface area contributed by atoms with Crippen LogP contribution >= 0.6 is 27.3 Å². The van der Waals surface area contributed by atoms with Crippen molar-refractivity contribution in [1.29, 1.82) is 0 Å². The normalized spacial score (nSPS) is 11.0. The average Bonchev–Trinajstić information content (AvgIpc) is 3.00. The van der Waals surface area contributed by atoms with Crippen LogP contribution in [0, 0.1) is 6.92 Å². The highest BCUT2D eigenvalue weighted by atomic mass is 79.9. The van der Waals surface area contributed by atoms with Crippen LogP contribution in [-0.2, 0) is 13.6 Å². The van der Waals surface area contributed by atoms with Gasteiger partial charge in [-0.05, 0) is 41.1 Å². The van der Waals surface area contributed by atoms with Crippen LogP contribution in [0.5, 0.6) is 0 Å². The van der Waals surface area contributed by atoms with Gasteiger partial charge >= 0.3 is 0 Å². The molecule has 1 N–H and O–H groups in total. The standard InChI is InChI=1S/C14H13BrN4OS/c1-8-11-5-9(6-16-13(11)19(2)18-8)14(20)17-7-10-3-4-12(15)21-10/h3-6H,7H2,1-2H3,(H,17,20). The number of amides is 1. The average molecular weight is 365 g/mol. The van der Waals surface area contributed by atoms with Crippen LogP contribution in [0.15, 0.2) is 28.2 Å². The highest BCUT2D eigenvalue weighted by Gasteiger charge is 2.11. The predicted octanol–water partition coefficient (Wildman–Crippen LogP) is 3.03. The summed E-state index contributed by atoms with van der Waals surface area (Å²) >= 11 is 5.01. The van der Waals surface area contributed by atoms with E-state index in [1.54, 1.807) is 22.2 Å². The summed E-state index contributed by atoms with van der Waals surface area (Å²) in [4.78, 5) is 17.6. The smallest absolute Gasteiger partial charge is 0.253 e. The van der Waals surface area contributed by atoms with Gasteiger partial charge in [0.05, 0.1) is 21.6 Å². The number of fused-ring (bicyclic) bond motifs is 1. The van der Waals surface area contributed by atoms with Crippen molar-refractivity contribution in [2.75, 3.05) is 0 Å². The fourth-order valence-electron chi connectivity index (χ4n) is 2.15. The molecular weight excluding hydrogens is 352 g/mol. The molecule has 0 aromatic carbocycles. The van der Waals surface area contributed by atoms with Gasteiger partial charge in [-0.25, -0.2) is 4.98 Å². The monoisotopic (exact) mass is 364 g/mol.